The van der Waals surface area contributed by atoms with Gasteiger partial charge in [0.1, 0.15) is 6.20 Å². The Morgan fingerprint density at radius 1 is 1.17 bits per heavy atom. The van der Waals surface area contributed by atoms with Gasteiger partial charge in [-0.05, 0) is 55.3 Å². The first kappa shape index (κ1) is 30.5. The van der Waals surface area contributed by atoms with Crippen molar-refractivity contribution >= 4 is 27.2 Å². The number of carbonyl (C=O) groups excluding carboxylic acids is 1. The molecule has 1 aliphatic heterocycles. The molecule has 0 spiro atoms. The van der Waals surface area contributed by atoms with Crippen LogP contribution in [-0.4, -0.2) is 68.5 Å². The van der Waals surface area contributed by atoms with Crippen molar-refractivity contribution in [3.63, 3.8) is 0 Å². The molecule has 0 saturated carbocycles. The normalized spacial score (nSPS) is 17.8. The zero-order valence-corrected chi connectivity index (χ0v) is 24.2. The van der Waals surface area contributed by atoms with Crippen molar-refractivity contribution < 1.29 is 28.4 Å². The molecule has 4 rings (SSSR count). The fraction of sp³-hybridized carbons (Fsp3) is 0.333. The molecule has 41 heavy (non-hydrogen) atoms. The molecule has 11 heteroatoms. The molecule has 7 N–H and O–H groups in total. The summed E-state index contributed by atoms with van der Waals surface area (Å²) in [7, 11) is -3.98. The van der Waals surface area contributed by atoms with E-state index in [9.17, 15) is 18.3 Å². The molecule has 1 saturated heterocycles. The van der Waals surface area contributed by atoms with Crippen molar-refractivity contribution in [3.8, 4) is 0 Å². The van der Waals surface area contributed by atoms with Crippen LogP contribution in [0.15, 0.2) is 83.0 Å². The van der Waals surface area contributed by atoms with E-state index in [1.165, 1.54) is 24.3 Å². The van der Waals surface area contributed by atoms with Gasteiger partial charge in [0.25, 0.3) is 5.91 Å². The van der Waals surface area contributed by atoms with Crippen LogP contribution in [0.3, 0.4) is 0 Å². The number of allylic oxidation sites excluding steroid dienone is 4. The van der Waals surface area contributed by atoms with Gasteiger partial charge in [-0.15, -0.1) is 0 Å². The average molecular weight is 581 g/mol. The van der Waals surface area contributed by atoms with Crippen molar-refractivity contribution in [2.75, 3.05) is 32.8 Å². The maximum Gasteiger partial charge on any atom is 0.255 e. The van der Waals surface area contributed by atoms with Crippen LogP contribution < -0.4 is 15.8 Å². The van der Waals surface area contributed by atoms with Crippen LogP contribution in [0, 0.1) is 5.41 Å². The number of hydrogen-bond acceptors (Lipinski definition) is 7. The molecule has 1 fully saturated rings. The molecular formula is C30H38N5O5S+. The van der Waals surface area contributed by atoms with Crippen molar-refractivity contribution in [3.05, 3.63) is 94.8 Å². The highest BCUT2D eigenvalue weighted by Gasteiger charge is 2.22. The number of nitrogens with one attached hydrogen (secondary N) is 2. The summed E-state index contributed by atoms with van der Waals surface area (Å²) in [4.78, 5) is 15.4. The zero-order valence-electron chi connectivity index (χ0n) is 23.4. The van der Waals surface area contributed by atoms with Gasteiger partial charge in [0.2, 0.25) is 10.0 Å². The minimum Gasteiger partial charge on any atom is -0.390 e. The number of benzene rings is 2. The summed E-state index contributed by atoms with van der Waals surface area (Å²) in [6.07, 6.45) is 5.82. The molecule has 10 nitrogen and oxygen atoms in total. The highest BCUT2D eigenvalue weighted by molar-refractivity contribution is 7.89. The van der Waals surface area contributed by atoms with Gasteiger partial charge in [0.05, 0.1) is 41.5 Å². The first-order valence-electron chi connectivity index (χ1n) is 13.5. The summed E-state index contributed by atoms with van der Waals surface area (Å²) in [6.45, 7) is 8.16. The van der Waals surface area contributed by atoms with Crippen LogP contribution in [0.2, 0.25) is 0 Å². The van der Waals surface area contributed by atoms with E-state index >= 15 is 0 Å². The van der Waals surface area contributed by atoms with Gasteiger partial charge in [-0.3, -0.25) is 9.69 Å². The van der Waals surface area contributed by atoms with Crippen molar-refractivity contribution in [2.24, 2.45) is 5.14 Å². The molecule has 2 aliphatic rings. The van der Waals surface area contributed by atoms with Crippen LogP contribution in [0.1, 0.15) is 41.8 Å². The maximum absolute atomic E-state index is 13.3. The standard InChI is InChI=1S/C30H37N5O5S/c1-30(2,37)10-11-33-19-24-17-28(34-29(36)23-4-3-5-25(16-23)41(32,38)39)26(18-27(24)31)22-8-6-21(7-9-22)20-35-12-14-40-15-13-35/h3-9,16-19,31,33,37H,10-15,20H2,1-2H3,(H,34,36)(H2,32,38,39)/p+1/b24-19-,31-27?. The Morgan fingerprint density at radius 3 is 2.54 bits per heavy atom. The van der Waals surface area contributed by atoms with Gasteiger partial charge < -0.3 is 25.9 Å². The topological polar surface area (TPSA) is 162 Å². The summed E-state index contributed by atoms with van der Waals surface area (Å²) in [5, 5.41) is 28.7. The third-order valence-corrected chi connectivity index (χ3v) is 7.77. The second-order valence-electron chi connectivity index (χ2n) is 10.9. The lowest BCUT2D eigenvalue weighted by molar-refractivity contribution is -0.590. The second kappa shape index (κ2) is 13.0. The summed E-state index contributed by atoms with van der Waals surface area (Å²) >= 11 is 0. The van der Waals surface area contributed by atoms with Crippen molar-refractivity contribution in [1.82, 2.24) is 10.2 Å². The van der Waals surface area contributed by atoms with Crippen molar-refractivity contribution in [2.45, 2.75) is 37.3 Å². The van der Waals surface area contributed by atoms with Crippen LogP contribution >= 0.6 is 0 Å². The van der Waals surface area contributed by atoms with E-state index in [0.717, 1.165) is 44.0 Å². The second-order valence-corrected chi connectivity index (χ2v) is 12.4. The van der Waals surface area contributed by atoms with Gasteiger partial charge >= 0.3 is 0 Å². The quantitative estimate of drug-likeness (QED) is 0.268. The lowest BCUT2D eigenvalue weighted by Crippen LogP contribution is -2.79. The first-order chi connectivity index (χ1) is 19.4. The minimum atomic E-state index is -3.98. The highest BCUT2D eigenvalue weighted by atomic mass is 32.2. The molecule has 0 atom stereocenters. The molecule has 218 valence electrons. The smallest absolute Gasteiger partial charge is 0.255 e. The van der Waals surface area contributed by atoms with Gasteiger partial charge in [-0.2, -0.15) is 0 Å². The highest BCUT2D eigenvalue weighted by Crippen LogP contribution is 2.28. The zero-order chi connectivity index (χ0) is 29.6. The van der Waals surface area contributed by atoms with Crippen LogP contribution in [0.25, 0.3) is 5.57 Å². The molecule has 0 aromatic heterocycles. The Balaban J connectivity index is 1.59. The van der Waals surface area contributed by atoms with Gasteiger partial charge in [0, 0.05) is 42.9 Å². The summed E-state index contributed by atoms with van der Waals surface area (Å²) in [5.74, 6) is -0.504. The fourth-order valence-corrected chi connectivity index (χ4v) is 5.12. The number of aliphatic hydroxyl groups is 1. The molecule has 2 aromatic carbocycles. The number of rotatable bonds is 10. The predicted molar refractivity (Wildman–Crippen MR) is 157 cm³/mol. The lowest BCUT2D eigenvalue weighted by atomic mass is 9.92. The number of hydrogen-bond donors (Lipinski definition) is 5. The maximum atomic E-state index is 13.3. The number of carbonyl (C=O) groups is 1. The number of quaternary nitrogens is 1. The van der Waals surface area contributed by atoms with Gasteiger partial charge in [-0.1, -0.05) is 30.3 Å². The number of nitrogens with two attached hydrogens (primary N) is 2. The SMILES string of the molecule is CC(C)(O)CC[NH2+]/C=C1/C=C(NC(=O)c2cccc(S(N)(=O)=O)c2)C(c2ccc(CN3CCOCC3)cc2)=CC1=N. The van der Waals surface area contributed by atoms with E-state index in [4.69, 9.17) is 15.3 Å². The van der Waals surface area contributed by atoms with Crippen molar-refractivity contribution in [1.29, 1.82) is 5.41 Å². The monoisotopic (exact) mass is 580 g/mol. The number of morpholine rings is 1. The molecule has 0 radical (unpaired) electrons. The fourth-order valence-electron chi connectivity index (χ4n) is 4.56. The molecule has 0 unspecified atom stereocenters. The van der Waals surface area contributed by atoms with E-state index in [-0.39, 0.29) is 16.2 Å². The number of nitrogens with zero attached hydrogens (tertiary/aromatic N) is 1. The number of primary sulfonamides is 1. The third kappa shape index (κ3) is 8.77. The Bertz CT molecular complexity index is 1480. The van der Waals surface area contributed by atoms with Crippen LogP contribution in [-0.2, 0) is 21.3 Å². The summed E-state index contributed by atoms with van der Waals surface area (Å²) in [6, 6.07) is 13.6. The number of sulfonamides is 1. The minimum absolute atomic E-state index is 0.139. The average Bonchev–Trinajstić information content (AvgIpc) is 2.92. The van der Waals surface area contributed by atoms with E-state index < -0.39 is 21.5 Å². The molecule has 1 amide bonds. The van der Waals surface area contributed by atoms with E-state index in [1.54, 1.807) is 32.2 Å². The van der Waals surface area contributed by atoms with Gasteiger partial charge in [0.15, 0.2) is 0 Å². The Kier molecular flexibility index (Phi) is 9.69. The Morgan fingerprint density at radius 2 is 1.88 bits per heavy atom. The Labute approximate surface area is 241 Å². The van der Waals surface area contributed by atoms with E-state index in [0.29, 0.717) is 29.8 Å². The Hall–Kier alpha value is -3.45. The van der Waals surface area contributed by atoms with Crippen LogP contribution in [0.5, 0.6) is 0 Å². The molecule has 1 heterocycles. The third-order valence-electron chi connectivity index (χ3n) is 6.86. The number of ether oxygens (including phenoxy) is 1. The first-order valence-corrected chi connectivity index (χ1v) is 15.1. The molecule has 2 aromatic rings. The van der Waals surface area contributed by atoms with Crippen LogP contribution in [0.4, 0.5) is 0 Å². The van der Waals surface area contributed by atoms with Gasteiger partial charge in [-0.25, -0.2) is 13.6 Å². The largest absolute Gasteiger partial charge is 0.390 e. The lowest BCUT2D eigenvalue weighted by Gasteiger charge is -2.26. The van der Waals surface area contributed by atoms with E-state index in [1.807, 2.05) is 29.6 Å². The summed E-state index contributed by atoms with van der Waals surface area (Å²) in [5.41, 5.74) is 3.35. The molecule has 1 aliphatic carbocycles. The molecular weight excluding hydrogens is 542 g/mol. The predicted octanol–water partition coefficient (Wildman–Crippen LogP) is 1.51. The van der Waals surface area contributed by atoms with E-state index in [2.05, 4.69) is 10.2 Å². The number of amides is 1. The summed E-state index contributed by atoms with van der Waals surface area (Å²) < 4.78 is 29.1. The molecule has 0 bridgehead atoms.